The number of esters is 1. The lowest BCUT2D eigenvalue weighted by molar-refractivity contribution is 0.0601. The number of aromatic nitrogens is 3. The van der Waals surface area contributed by atoms with E-state index in [0.717, 1.165) is 16.9 Å². The third-order valence-corrected chi connectivity index (χ3v) is 5.89. The minimum absolute atomic E-state index is 0.0128. The van der Waals surface area contributed by atoms with Gasteiger partial charge < -0.3 is 19.7 Å². The van der Waals surface area contributed by atoms with Crippen LogP contribution in [0.15, 0.2) is 55.0 Å². The molecular formula is C24H27N5O4. The first-order valence-corrected chi connectivity index (χ1v) is 10.8. The van der Waals surface area contributed by atoms with E-state index in [2.05, 4.69) is 22.3 Å². The summed E-state index contributed by atoms with van der Waals surface area (Å²) in [6.45, 7) is 5.40. The van der Waals surface area contributed by atoms with Crippen molar-refractivity contribution in [1.82, 2.24) is 19.7 Å². The second-order valence-electron chi connectivity index (χ2n) is 8.12. The first-order chi connectivity index (χ1) is 16.0. The van der Waals surface area contributed by atoms with Crippen LogP contribution in [0.1, 0.15) is 34.6 Å². The summed E-state index contributed by atoms with van der Waals surface area (Å²) < 4.78 is 12.3. The van der Waals surface area contributed by atoms with Crippen LogP contribution >= 0.6 is 0 Å². The number of rotatable bonds is 6. The molecule has 4 rings (SSSR count). The second kappa shape index (κ2) is 9.72. The molecule has 172 valence electrons. The van der Waals surface area contributed by atoms with Crippen LogP contribution in [-0.2, 0) is 16.1 Å². The Morgan fingerprint density at radius 1 is 1.12 bits per heavy atom. The van der Waals surface area contributed by atoms with Gasteiger partial charge >= 0.3 is 12.1 Å². The minimum Gasteiger partial charge on any atom is -0.465 e. The van der Waals surface area contributed by atoms with Crippen molar-refractivity contribution < 1.29 is 19.1 Å². The number of carbonyl (C=O) groups excluding carboxylic acids is 2. The number of nitrogens with one attached hydrogen (secondary N) is 1. The van der Waals surface area contributed by atoms with Crippen LogP contribution in [0, 0.1) is 12.8 Å². The van der Waals surface area contributed by atoms with Gasteiger partial charge in [-0.3, -0.25) is 9.67 Å². The van der Waals surface area contributed by atoms with Gasteiger partial charge in [0, 0.05) is 19.3 Å². The molecule has 2 aromatic heterocycles. The van der Waals surface area contributed by atoms with Gasteiger partial charge in [-0.1, -0.05) is 37.3 Å². The molecule has 0 spiro atoms. The van der Waals surface area contributed by atoms with Gasteiger partial charge in [0.25, 0.3) is 0 Å². The van der Waals surface area contributed by atoms with E-state index < -0.39 is 5.97 Å². The third kappa shape index (κ3) is 4.82. The Morgan fingerprint density at radius 3 is 2.67 bits per heavy atom. The standard InChI is InChI=1S/C24H27N5O4/c1-16-13-28(24(31)33-15-18-7-5-4-6-8-18)14-22(16)29-17(2)20(12-26-29)27-21-11-25-10-9-19(21)23(30)32-3/h4-12,16,22,27H,13-15H2,1-3H3/t16-,22+/m0/s1. The Kier molecular flexibility index (Phi) is 6.58. The highest BCUT2D eigenvalue weighted by atomic mass is 16.6. The molecule has 1 saturated heterocycles. The SMILES string of the molecule is COC(=O)c1ccncc1Nc1cnn([C@@H]2CN(C(=O)OCc3ccccc3)C[C@@H]2C)c1C. The summed E-state index contributed by atoms with van der Waals surface area (Å²) in [5.41, 5.74) is 3.53. The molecule has 9 nitrogen and oxygen atoms in total. The van der Waals surface area contributed by atoms with Crippen LogP contribution in [0.3, 0.4) is 0 Å². The Hall–Kier alpha value is -3.88. The van der Waals surface area contributed by atoms with Crippen molar-refractivity contribution >= 4 is 23.4 Å². The van der Waals surface area contributed by atoms with E-state index >= 15 is 0 Å². The van der Waals surface area contributed by atoms with Gasteiger partial charge in [0.2, 0.25) is 0 Å². The fraction of sp³-hybridized carbons (Fsp3) is 0.333. The number of methoxy groups -OCH3 is 1. The van der Waals surface area contributed by atoms with Crippen molar-refractivity contribution in [1.29, 1.82) is 0 Å². The zero-order chi connectivity index (χ0) is 23.4. The van der Waals surface area contributed by atoms with E-state index in [1.165, 1.54) is 7.11 Å². The van der Waals surface area contributed by atoms with Crippen LogP contribution in [-0.4, -0.2) is 51.9 Å². The monoisotopic (exact) mass is 449 g/mol. The summed E-state index contributed by atoms with van der Waals surface area (Å²) in [4.78, 5) is 30.5. The highest BCUT2D eigenvalue weighted by Crippen LogP contribution is 2.32. The van der Waals surface area contributed by atoms with Crippen molar-refractivity contribution in [2.24, 2.45) is 5.92 Å². The largest absolute Gasteiger partial charge is 0.465 e. The average molecular weight is 450 g/mol. The Morgan fingerprint density at radius 2 is 1.91 bits per heavy atom. The summed E-state index contributed by atoms with van der Waals surface area (Å²) in [5, 5.41) is 7.80. The Labute approximate surface area is 192 Å². The van der Waals surface area contributed by atoms with E-state index in [1.807, 2.05) is 41.9 Å². The van der Waals surface area contributed by atoms with Crippen LogP contribution in [0.5, 0.6) is 0 Å². The highest BCUT2D eigenvalue weighted by molar-refractivity contribution is 5.96. The van der Waals surface area contributed by atoms with Gasteiger partial charge in [-0.25, -0.2) is 9.59 Å². The molecule has 0 unspecified atom stereocenters. The molecule has 1 aromatic carbocycles. The molecule has 3 aromatic rings. The van der Waals surface area contributed by atoms with Crippen LogP contribution in [0.2, 0.25) is 0 Å². The maximum Gasteiger partial charge on any atom is 0.410 e. The van der Waals surface area contributed by atoms with E-state index in [-0.39, 0.29) is 24.7 Å². The van der Waals surface area contributed by atoms with Crippen molar-refractivity contribution in [3.8, 4) is 0 Å². The summed E-state index contributed by atoms with van der Waals surface area (Å²) in [6.07, 6.45) is 4.51. The third-order valence-electron chi connectivity index (χ3n) is 5.89. The summed E-state index contributed by atoms with van der Waals surface area (Å²) in [5.74, 6) is -0.247. The van der Waals surface area contributed by atoms with Crippen molar-refractivity contribution in [2.45, 2.75) is 26.5 Å². The summed E-state index contributed by atoms with van der Waals surface area (Å²) in [6, 6.07) is 11.2. The lowest BCUT2D eigenvalue weighted by atomic mass is 10.1. The Balaban J connectivity index is 1.44. The highest BCUT2D eigenvalue weighted by Gasteiger charge is 2.36. The van der Waals surface area contributed by atoms with E-state index in [0.29, 0.717) is 24.3 Å². The number of hydrogen-bond acceptors (Lipinski definition) is 7. The van der Waals surface area contributed by atoms with Crippen LogP contribution in [0.4, 0.5) is 16.2 Å². The van der Waals surface area contributed by atoms with E-state index in [4.69, 9.17) is 9.47 Å². The number of benzene rings is 1. The number of likely N-dealkylation sites (tertiary alicyclic amines) is 1. The molecule has 0 aliphatic carbocycles. The predicted molar refractivity (Wildman–Crippen MR) is 122 cm³/mol. The number of carbonyl (C=O) groups is 2. The molecule has 0 bridgehead atoms. The number of hydrogen-bond donors (Lipinski definition) is 1. The lowest BCUT2D eigenvalue weighted by Gasteiger charge is -2.18. The fourth-order valence-corrected chi connectivity index (χ4v) is 4.04. The number of pyridine rings is 1. The molecule has 9 heteroatoms. The number of anilines is 2. The maximum atomic E-state index is 12.6. The quantitative estimate of drug-likeness (QED) is 0.569. The van der Waals surface area contributed by atoms with Gasteiger partial charge in [0.05, 0.1) is 48.2 Å². The average Bonchev–Trinajstić information content (AvgIpc) is 3.40. The minimum atomic E-state index is -0.445. The molecule has 33 heavy (non-hydrogen) atoms. The first-order valence-electron chi connectivity index (χ1n) is 10.8. The van der Waals surface area contributed by atoms with Gasteiger partial charge in [0.1, 0.15) is 6.61 Å². The molecule has 1 N–H and O–H groups in total. The predicted octanol–water partition coefficient (Wildman–Crippen LogP) is 3.95. The smallest absolute Gasteiger partial charge is 0.410 e. The van der Waals surface area contributed by atoms with Crippen molar-refractivity contribution in [2.75, 3.05) is 25.5 Å². The van der Waals surface area contributed by atoms with Crippen molar-refractivity contribution in [3.63, 3.8) is 0 Å². The first kappa shape index (κ1) is 22.3. The van der Waals surface area contributed by atoms with E-state index in [1.54, 1.807) is 29.6 Å². The molecule has 1 fully saturated rings. The molecule has 1 amide bonds. The van der Waals surface area contributed by atoms with Crippen molar-refractivity contribution in [3.05, 3.63) is 71.8 Å². The van der Waals surface area contributed by atoms with Gasteiger partial charge in [-0.2, -0.15) is 5.10 Å². The number of nitrogens with zero attached hydrogens (tertiary/aromatic N) is 4. The summed E-state index contributed by atoms with van der Waals surface area (Å²) in [7, 11) is 1.34. The molecule has 1 aliphatic rings. The lowest BCUT2D eigenvalue weighted by Crippen LogP contribution is -2.30. The van der Waals surface area contributed by atoms with Crippen LogP contribution < -0.4 is 5.32 Å². The van der Waals surface area contributed by atoms with Gasteiger partial charge in [-0.15, -0.1) is 0 Å². The molecule has 0 radical (unpaired) electrons. The number of amides is 1. The van der Waals surface area contributed by atoms with Gasteiger partial charge in [-0.05, 0) is 24.5 Å². The maximum absolute atomic E-state index is 12.6. The Bertz CT molecular complexity index is 1130. The van der Waals surface area contributed by atoms with Gasteiger partial charge in [0.15, 0.2) is 0 Å². The zero-order valence-electron chi connectivity index (χ0n) is 18.9. The molecule has 2 atom stereocenters. The summed E-state index contributed by atoms with van der Waals surface area (Å²) >= 11 is 0. The fourth-order valence-electron chi connectivity index (χ4n) is 4.04. The van der Waals surface area contributed by atoms with E-state index in [9.17, 15) is 9.59 Å². The molecule has 0 saturated carbocycles. The molecule has 3 heterocycles. The molecule has 1 aliphatic heterocycles. The van der Waals surface area contributed by atoms with Crippen LogP contribution in [0.25, 0.3) is 0 Å². The topological polar surface area (TPSA) is 98.6 Å². The normalized spacial score (nSPS) is 17.6. The number of ether oxygens (including phenoxy) is 2. The zero-order valence-corrected chi connectivity index (χ0v) is 18.9. The molecular weight excluding hydrogens is 422 g/mol. The second-order valence-corrected chi connectivity index (χ2v) is 8.12.